The summed E-state index contributed by atoms with van der Waals surface area (Å²) in [6, 6.07) is 8.40. The van der Waals surface area contributed by atoms with Crippen molar-refractivity contribution in [2.24, 2.45) is 0 Å². The van der Waals surface area contributed by atoms with Crippen molar-refractivity contribution in [2.75, 3.05) is 29.9 Å². The molecule has 19 heavy (non-hydrogen) atoms. The number of allylic oxidation sites excluding steroid dienone is 2. The Morgan fingerprint density at radius 3 is 2.53 bits per heavy atom. The van der Waals surface area contributed by atoms with Gasteiger partial charge >= 0.3 is 0 Å². The van der Waals surface area contributed by atoms with E-state index < -0.39 is 0 Å². The van der Waals surface area contributed by atoms with Crippen LogP contribution >= 0.6 is 0 Å². The van der Waals surface area contributed by atoms with Crippen LogP contribution in [0.15, 0.2) is 48.7 Å². The number of hydrogen-bond donors (Lipinski definition) is 3. The zero-order valence-electron chi connectivity index (χ0n) is 11.1. The van der Waals surface area contributed by atoms with Crippen molar-refractivity contribution in [1.29, 1.82) is 0 Å². The molecule has 0 atom stereocenters. The molecule has 0 aliphatic carbocycles. The van der Waals surface area contributed by atoms with Crippen LogP contribution in [0, 0.1) is 0 Å². The van der Waals surface area contributed by atoms with Gasteiger partial charge < -0.3 is 10.2 Å². The van der Waals surface area contributed by atoms with Crippen LogP contribution in [0.2, 0.25) is 0 Å². The van der Waals surface area contributed by atoms with Crippen LogP contribution in [0.3, 0.4) is 0 Å². The van der Waals surface area contributed by atoms with Crippen molar-refractivity contribution < 1.29 is 5.21 Å². The van der Waals surface area contributed by atoms with Gasteiger partial charge in [-0.05, 0) is 43.2 Å². The normalized spacial score (nSPS) is 15.4. The first kappa shape index (κ1) is 13.5. The quantitative estimate of drug-likeness (QED) is 0.543. The minimum Gasteiger partial charge on any atom is -0.379 e. The lowest BCUT2D eigenvalue weighted by molar-refractivity contribution is 0.199. The molecular formula is C15H21N3O. The van der Waals surface area contributed by atoms with E-state index in [-0.39, 0.29) is 0 Å². The standard InChI is InChI=1S/C15H21N3O/c1-2-5-14(17-19)12-16-13-6-8-15(9-7-13)18-10-3-4-11-18/h2,5-9,16-17,19H,1,3-4,10-12H2/b14-5-. The van der Waals surface area contributed by atoms with Crippen molar-refractivity contribution in [2.45, 2.75) is 12.8 Å². The van der Waals surface area contributed by atoms with Gasteiger partial charge in [-0.25, -0.2) is 0 Å². The highest BCUT2D eigenvalue weighted by Crippen LogP contribution is 2.21. The van der Waals surface area contributed by atoms with Crippen LogP contribution < -0.4 is 15.7 Å². The van der Waals surface area contributed by atoms with Crippen molar-refractivity contribution in [3.05, 3.63) is 48.7 Å². The summed E-state index contributed by atoms with van der Waals surface area (Å²) >= 11 is 0. The predicted molar refractivity (Wildman–Crippen MR) is 79.6 cm³/mol. The van der Waals surface area contributed by atoms with Gasteiger partial charge in [0, 0.05) is 24.5 Å². The molecule has 1 aliphatic rings. The third-order valence-corrected chi connectivity index (χ3v) is 3.28. The SMILES string of the molecule is C=C/C=C(/CNc1ccc(N2CCCC2)cc1)NO. The summed E-state index contributed by atoms with van der Waals surface area (Å²) in [6.07, 6.45) is 5.94. The smallest absolute Gasteiger partial charge is 0.0571 e. The number of rotatable bonds is 6. The molecule has 1 saturated heterocycles. The minimum atomic E-state index is 0.533. The highest BCUT2D eigenvalue weighted by atomic mass is 16.5. The number of nitrogens with zero attached hydrogens (tertiary/aromatic N) is 1. The van der Waals surface area contributed by atoms with Gasteiger partial charge in [0.05, 0.1) is 12.2 Å². The van der Waals surface area contributed by atoms with Gasteiger partial charge in [0.25, 0.3) is 0 Å². The third kappa shape index (κ3) is 3.76. The van der Waals surface area contributed by atoms with Crippen LogP contribution in [0.25, 0.3) is 0 Å². The number of nitrogens with one attached hydrogen (secondary N) is 2. The second-order valence-electron chi connectivity index (χ2n) is 4.63. The molecule has 0 saturated carbocycles. The molecule has 1 aromatic rings. The Bertz CT molecular complexity index is 433. The van der Waals surface area contributed by atoms with E-state index in [0.717, 1.165) is 18.8 Å². The Kier molecular flexibility index (Phi) is 4.86. The average Bonchev–Trinajstić information content (AvgIpc) is 2.98. The first-order valence-electron chi connectivity index (χ1n) is 6.64. The van der Waals surface area contributed by atoms with Gasteiger partial charge in [-0.15, -0.1) is 0 Å². The van der Waals surface area contributed by atoms with Gasteiger partial charge in [-0.3, -0.25) is 10.7 Å². The molecule has 4 nitrogen and oxygen atoms in total. The molecule has 0 aromatic heterocycles. The molecule has 1 heterocycles. The Balaban J connectivity index is 1.91. The zero-order chi connectivity index (χ0) is 13.5. The molecule has 102 valence electrons. The zero-order valence-corrected chi connectivity index (χ0v) is 11.1. The van der Waals surface area contributed by atoms with E-state index in [1.165, 1.54) is 18.5 Å². The van der Waals surface area contributed by atoms with E-state index in [1.807, 2.05) is 0 Å². The summed E-state index contributed by atoms with van der Waals surface area (Å²) in [7, 11) is 0. The number of anilines is 2. The number of hydroxylamine groups is 1. The molecule has 0 bridgehead atoms. The molecule has 4 heteroatoms. The maximum atomic E-state index is 8.91. The molecule has 1 aromatic carbocycles. The molecule has 0 amide bonds. The van der Waals surface area contributed by atoms with E-state index in [1.54, 1.807) is 12.2 Å². The summed E-state index contributed by atoms with van der Waals surface area (Å²) in [5, 5.41) is 12.2. The van der Waals surface area contributed by atoms with E-state index in [4.69, 9.17) is 5.21 Å². The summed E-state index contributed by atoms with van der Waals surface area (Å²) in [5.41, 5.74) is 5.15. The van der Waals surface area contributed by atoms with E-state index in [0.29, 0.717) is 12.2 Å². The maximum absolute atomic E-state index is 8.91. The fraction of sp³-hybridized carbons (Fsp3) is 0.333. The molecule has 0 radical (unpaired) electrons. The Hall–Kier alpha value is -1.94. The Labute approximate surface area is 114 Å². The van der Waals surface area contributed by atoms with Crippen LogP contribution in [0.4, 0.5) is 11.4 Å². The highest BCUT2D eigenvalue weighted by Gasteiger charge is 2.11. The van der Waals surface area contributed by atoms with Gasteiger partial charge in [-0.2, -0.15) is 0 Å². The van der Waals surface area contributed by atoms with Gasteiger partial charge in [0.15, 0.2) is 0 Å². The molecule has 2 rings (SSSR count). The summed E-state index contributed by atoms with van der Waals surface area (Å²) < 4.78 is 0. The molecule has 1 fully saturated rings. The highest BCUT2D eigenvalue weighted by molar-refractivity contribution is 5.55. The molecular weight excluding hydrogens is 238 g/mol. The topological polar surface area (TPSA) is 47.5 Å². The second kappa shape index (κ2) is 6.85. The second-order valence-corrected chi connectivity index (χ2v) is 4.63. The number of hydrogen-bond acceptors (Lipinski definition) is 4. The van der Waals surface area contributed by atoms with Crippen molar-refractivity contribution in [3.8, 4) is 0 Å². The van der Waals surface area contributed by atoms with Crippen LogP contribution in [0.1, 0.15) is 12.8 Å². The lowest BCUT2D eigenvalue weighted by atomic mass is 10.2. The maximum Gasteiger partial charge on any atom is 0.0571 e. The van der Waals surface area contributed by atoms with E-state index in [2.05, 4.69) is 46.5 Å². The fourth-order valence-corrected chi connectivity index (χ4v) is 2.24. The lowest BCUT2D eigenvalue weighted by Gasteiger charge is -2.18. The summed E-state index contributed by atoms with van der Waals surface area (Å²) in [5.74, 6) is 0. The first-order chi connectivity index (χ1) is 9.33. The lowest BCUT2D eigenvalue weighted by Crippen LogP contribution is -2.18. The van der Waals surface area contributed by atoms with E-state index in [9.17, 15) is 0 Å². The van der Waals surface area contributed by atoms with Crippen LogP contribution in [-0.2, 0) is 0 Å². The molecule has 1 aliphatic heterocycles. The molecule has 0 unspecified atom stereocenters. The van der Waals surface area contributed by atoms with E-state index >= 15 is 0 Å². The van der Waals surface area contributed by atoms with Crippen molar-refractivity contribution in [1.82, 2.24) is 5.48 Å². The Morgan fingerprint density at radius 1 is 1.26 bits per heavy atom. The minimum absolute atomic E-state index is 0.533. The van der Waals surface area contributed by atoms with Gasteiger partial charge in [-0.1, -0.05) is 12.7 Å². The first-order valence-corrected chi connectivity index (χ1v) is 6.64. The van der Waals surface area contributed by atoms with Gasteiger partial charge in [0.2, 0.25) is 0 Å². The van der Waals surface area contributed by atoms with Crippen molar-refractivity contribution in [3.63, 3.8) is 0 Å². The average molecular weight is 259 g/mol. The largest absolute Gasteiger partial charge is 0.379 e. The van der Waals surface area contributed by atoms with Crippen LogP contribution in [-0.4, -0.2) is 24.8 Å². The molecule has 3 N–H and O–H groups in total. The summed E-state index contributed by atoms with van der Waals surface area (Å²) in [4.78, 5) is 2.40. The predicted octanol–water partition coefficient (Wildman–Crippen LogP) is 2.75. The number of benzene rings is 1. The summed E-state index contributed by atoms with van der Waals surface area (Å²) in [6.45, 7) is 6.45. The Morgan fingerprint density at radius 2 is 1.95 bits per heavy atom. The fourth-order valence-electron chi connectivity index (χ4n) is 2.24. The van der Waals surface area contributed by atoms with Gasteiger partial charge in [0.1, 0.15) is 0 Å². The molecule has 0 spiro atoms. The van der Waals surface area contributed by atoms with Crippen molar-refractivity contribution >= 4 is 11.4 Å². The monoisotopic (exact) mass is 259 g/mol. The third-order valence-electron chi connectivity index (χ3n) is 3.28. The van der Waals surface area contributed by atoms with Crippen LogP contribution in [0.5, 0.6) is 0 Å².